The number of carbonyl (C=O) groups is 1. The normalized spacial score (nSPS) is 22.2. The van der Waals surface area contributed by atoms with Gasteiger partial charge in [0.1, 0.15) is 0 Å². The summed E-state index contributed by atoms with van der Waals surface area (Å²) >= 11 is 0. The zero-order valence-electron chi connectivity index (χ0n) is 12.2. The van der Waals surface area contributed by atoms with Crippen LogP contribution in [0, 0.1) is 18.8 Å². The molecule has 4 nitrogen and oxygen atoms in total. The molecular weight excluding hydrogens is 310 g/mol. The molecule has 116 valence electrons. The van der Waals surface area contributed by atoms with E-state index in [1.54, 1.807) is 13.0 Å². The quantitative estimate of drug-likeness (QED) is 0.863. The predicted octanol–water partition coefficient (Wildman–Crippen LogP) is 3.09. The summed E-state index contributed by atoms with van der Waals surface area (Å²) in [4.78, 5) is 12.2. The number of rotatable bonds is 4. The van der Waals surface area contributed by atoms with Crippen LogP contribution in [0.3, 0.4) is 0 Å². The topological polar surface area (TPSA) is 63.2 Å². The van der Waals surface area contributed by atoms with Crippen molar-refractivity contribution < 1.29 is 13.2 Å². The molecule has 0 heterocycles. The van der Waals surface area contributed by atoms with Crippen molar-refractivity contribution in [2.24, 2.45) is 11.8 Å². The van der Waals surface area contributed by atoms with E-state index in [1.165, 1.54) is 18.6 Å². The number of carbonyl (C=O) groups excluding carboxylic acids is 1. The van der Waals surface area contributed by atoms with E-state index in [-0.39, 0.29) is 10.8 Å². The zero-order valence-corrected chi connectivity index (χ0v) is 13.8. The number of hydrogen-bond acceptors (Lipinski definition) is 3. The molecule has 2 atom stereocenters. The molecule has 2 rings (SSSR count). The summed E-state index contributed by atoms with van der Waals surface area (Å²) in [5.74, 6) is 0.997. The van der Waals surface area contributed by atoms with E-state index < -0.39 is 9.05 Å². The van der Waals surface area contributed by atoms with Gasteiger partial charge in [-0.3, -0.25) is 4.79 Å². The Morgan fingerprint density at radius 1 is 1.38 bits per heavy atom. The van der Waals surface area contributed by atoms with E-state index in [2.05, 4.69) is 12.2 Å². The third kappa shape index (κ3) is 4.20. The van der Waals surface area contributed by atoms with Crippen molar-refractivity contribution in [2.75, 3.05) is 6.54 Å². The van der Waals surface area contributed by atoms with Gasteiger partial charge in [-0.2, -0.15) is 0 Å². The Morgan fingerprint density at radius 3 is 2.67 bits per heavy atom. The smallest absolute Gasteiger partial charge is 0.261 e. The van der Waals surface area contributed by atoms with Crippen molar-refractivity contribution in [1.29, 1.82) is 0 Å². The van der Waals surface area contributed by atoms with Crippen LogP contribution in [-0.4, -0.2) is 20.9 Å². The van der Waals surface area contributed by atoms with Crippen LogP contribution in [0.25, 0.3) is 0 Å². The Kier molecular flexibility index (Phi) is 4.94. The Labute approximate surface area is 130 Å². The van der Waals surface area contributed by atoms with E-state index >= 15 is 0 Å². The second-order valence-electron chi connectivity index (χ2n) is 5.91. The third-order valence-electron chi connectivity index (χ3n) is 4.09. The Bertz CT molecular complexity index is 642. The van der Waals surface area contributed by atoms with Gasteiger partial charge in [-0.05, 0) is 49.3 Å². The minimum atomic E-state index is -3.82. The van der Waals surface area contributed by atoms with Gasteiger partial charge >= 0.3 is 0 Å². The number of hydrogen-bond donors (Lipinski definition) is 1. The number of halogens is 1. The molecule has 2 unspecified atom stereocenters. The van der Waals surface area contributed by atoms with Crippen molar-refractivity contribution in [3.05, 3.63) is 29.3 Å². The van der Waals surface area contributed by atoms with Crippen LogP contribution in [0.15, 0.2) is 23.1 Å². The van der Waals surface area contributed by atoms with Gasteiger partial charge in [0.2, 0.25) is 0 Å². The molecule has 0 aliphatic heterocycles. The van der Waals surface area contributed by atoms with Crippen LogP contribution < -0.4 is 5.32 Å². The summed E-state index contributed by atoms with van der Waals surface area (Å²) in [6.45, 7) is 4.64. The Balaban J connectivity index is 2.08. The fourth-order valence-electron chi connectivity index (χ4n) is 2.84. The van der Waals surface area contributed by atoms with Gasteiger partial charge in [0.05, 0.1) is 4.90 Å². The van der Waals surface area contributed by atoms with Crippen LogP contribution in [0.2, 0.25) is 0 Å². The summed E-state index contributed by atoms with van der Waals surface area (Å²) < 4.78 is 22.7. The molecule has 1 saturated carbocycles. The van der Waals surface area contributed by atoms with Gasteiger partial charge < -0.3 is 5.32 Å². The summed E-state index contributed by atoms with van der Waals surface area (Å²) in [6.07, 6.45) is 3.48. The van der Waals surface area contributed by atoms with Crippen molar-refractivity contribution in [3.63, 3.8) is 0 Å². The molecule has 1 amide bonds. The molecule has 1 N–H and O–H groups in total. The second-order valence-corrected chi connectivity index (χ2v) is 8.47. The lowest BCUT2D eigenvalue weighted by Gasteiger charge is -2.13. The molecule has 0 aromatic heterocycles. The highest BCUT2D eigenvalue weighted by molar-refractivity contribution is 8.13. The van der Waals surface area contributed by atoms with Crippen molar-refractivity contribution in [2.45, 2.75) is 38.0 Å². The first-order valence-corrected chi connectivity index (χ1v) is 9.42. The molecule has 1 aliphatic rings. The molecule has 0 saturated heterocycles. The average Bonchev–Trinajstić information content (AvgIpc) is 2.81. The average molecular weight is 330 g/mol. The highest BCUT2D eigenvalue weighted by Crippen LogP contribution is 2.29. The maximum atomic E-state index is 12.2. The summed E-state index contributed by atoms with van der Waals surface area (Å²) in [6, 6.07) is 4.35. The van der Waals surface area contributed by atoms with Gasteiger partial charge in [0, 0.05) is 22.8 Å². The molecule has 6 heteroatoms. The SMILES string of the molecule is Cc1ccc(S(=O)(=O)Cl)cc1C(=O)NCC1CCC(C)C1. The lowest BCUT2D eigenvalue weighted by molar-refractivity contribution is 0.0946. The summed E-state index contributed by atoms with van der Waals surface area (Å²) in [7, 11) is 1.50. The van der Waals surface area contributed by atoms with E-state index in [0.717, 1.165) is 24.3 Å². The molecule has 0 bridgehead atoms. The minimum absolute atomic E-state index is 0.0468. The zero-order chi connectivity index (χ0) is 15.6. The largest absolute Gasteiger partial charge is 0.352 e. The fraction of sp³-hybridized carbons (Fsp3) is 0.533. The fourth-order valence-corrected chi connectivity index (χ4v) is 3.62. The molecule has 0 spiro atoms. The van der Waals surface area contributed by atoms with Crippen LogP contribution in [0.1, 0.15) is 42.1 Å². The van der Waals surface area contributed by atoms with Crippen LogP contribution >= 0.6 is 10.7 Å². The van der Waals surface area contributed by atoms with Crippen LogP contribution in [0.4, 0.5) is 0 Å². The van der Waals surface area contributed by atoms with E-state index in [0.29, 0.717) is 18.0 Å². The van der Waals surface area contributed by atoms with E-state index in [4.69, 9.17) is 10.7 Å². The van der Waals surface area contributed by atoms with Crippen LogP contribution in [-0.2, 0) is 9.05 Å². The van der Waals surface area contributed by atoms with Gasteiger partial charge in [-0.25, -0.2) is 8.42 Å². The lowest BCUT2D eigenvalue weighted by atomic mass is 10.1. The molecule has 1 fully saturated rings. The van der Waals surface area contributed by atoms with Crippen molar-refractivity contribution in [1.82, 2.24) is 5.32 Å². The third-order valence-corrected chi connectivity index (χ3v) is 5.44. The molecule has 0 radical (unpaired) electrons. The molecule has 1 aromatic rings. The monoisotopic (exact) mass is 329 g/mol. The number of benzene rings is 1. The molecule has 1 aliphatic carbocycles. The standard InChI is InChI=1S/C15H20ClNO3S/c1-10-3-5-12(7-10)9-17-15(18)14-8-13(21(16,19)20)6-4-11(14)2/h4,6,8,10,12H,3,5,7,9H2,1-2H3,(H,17,18). The van der Waals surface area contributed by atoms with Gasteiger partial charge in [0.15, 0.2) is 0 Å². The van der Waals surface area contributed by atoms with Crippen LogP contribution in [0.5, 0.6) is 0 Å². The number of amides is 1. The van der Waals surface area contributed by atoms with E-state index in [9.17, 15) is 13.2 Å². The highest BCUT2D eigenvalue weighted by atomic mass is 35.7. The maximum absolute atomic E-state index is 12.2. The predicted molar refractivity (Wildman–Crippen MR) is 83.1 cm³/mol. The maximum Gasteiger partial charge on any atom is 0.261 e. The Hall–Kier alpha value is -1.07. The number of nitrogens with one attached hydrogen (secondary N) is 1. The van der Waals surface area contributed by atoms with Crippen molar-refractivity contribution in [3.8, 4) is 0 Å². The minimum Gasteiger partial charge on any atom is -0.352 e. The van der Waals surface area contributed by atoms with E-state index in [1.807, 2.05) is 0 Å². The molecule has 21 heavy (non-hydrogen) atoms. The molecule has 1 aromatic carbocycles. The first kappa shape index (κ1) is 16.3. The second kappa shape index (κ2) is 6.36. The number of aryl methyl sites for hydroxylation is 1. The Morgan fingerprint density at radius 2 is 2.10 bits per heavy atom. The van der Waals surface area contributed by atoms with Gasteiger partial charge in [-0.15, -0.1) is 0 Å². The first-order chi connectivity index (χ1) is 9.77. The van der Waals surface area contributed by atoms with Gasteiger partial charge in [-0.1, -0.05) is 19.4 Å². The highest BCUT2D eigenvalue weighted by Gasteiger charge is 2.22. The summed E-state index contributed by atoms with van der Waals surface area (Å²) in [5.41, 5.74) is 1.10. The molecular formula is C15H20ClNO3S. The lowest BCUT2D eigenvalue weighted by Crippen LogP contribution is -2.29. The van der Waals surface area contributed by atoms with Gasteiger partial charge in [0.25, 0.3) is 15.0 Å². The van der Waals surface area contributed by atoms with Crippen molar-refractivity contribution >= 4 is 25.6 Å². The first-order valence-electron chi connectivity index (χ1n) is 7.11. The summed E-state index contributed by atoms with van der Waals surface area (Å²) in [5, 5.41) is 2.90.